The maximum atomic E-state index is 12.5. The zero-order chi connectivity index (χ0) is 20.1. The average Bonchev–Trinajstić information content (AvgIpc) is 3.19. The number of benzene rings is 3. The van der Waals surface area contributed by atoms with E-state index in [9.17, 15) is 4.79 Å². The molecule has 0 aliphatic heterocycles. The summed E-state index contributed by atoms with van der Waals surface area (Å²) >= 11 is 0. The second kappa shape index (κ2) is 8.61. The van der Waals surface area contributed by atoms with Crippen LogP contribution in [-0.2, 0) is 0 Å². The van der Waals surface area contributed by atoms with E-state index in [-0.39, 0.29) is 5.91 Å². The monoisotopic (exact) mass is 385 g/mol. The quantitative estimate of drug-likeness (QED) is 0.403. The molecule has 4 aromatic rings. The highest BCUT2D eigenvalue weighted by atomic mass is 16.5. The zero-order valence-corrected chi connectivity index (χ0v) is 16.3. The van der Waals surface area contributed by atoms with Gasteiger partial charge in [-0.25, -0.2) is 4.98 Å². The van der Waals surface area contributed by atoms with Crippen molar-refractivity contribution in [1.29, 1.82) is 0 Å². The first kappa shape index (κ1) is 18.7. The molecule has 1 amide bonds. The Morgan fingerprint density at radius 1 is 1.00 bits per heavy atom. The minimum Gasteiger partial charge on any atom is -0.494 e. The van der Waals surface area contributed by atoms with Crippen molar-refractivity contribution in [3.8, 4) is 17.1 Å². The number of hydrogen-bond acceptors (Lipinski definition) is 3. The van der Waals surface area contributed by atoms with Gasteiger partial charge in [-0.05, 0) is 67.1 Å². The summed E-state index contributed by atoms with van der Waals surface area (Å²) < 4.78 is 5.64. The highest BCUT2D eigenvalue weighted by molar-refractivity contribution is 6.04. The Bertz CT molecular complexity index is 1070. The number of rotatable bonds is 7. The number of aromatic amines is 1. The SMILES string of the molecule is CCCCOc1ccc(C(=O)Nc2ccc(-c3nc4ccccc4[nH]3)cc2)cc1. The van der Waals surface area contributed by atoms with Gasteiger partial charge >= 0.3 is 0 Å². The lowest BCUT2D eigenvalue weighted by Crippen LogP contribution is -2.11. The highest BCUT2D eigenvalue weighted by Gasteiger charge is 2.08. The molecule has 1 heterocycles. The van der Waals surface area contributed by atoms with Crippen molar-refractivity contribution in [2.75, 3.05) is 11.9 Å². The average molecular weight is 385 g/mol. The van der Waals surface area contributed by atoms with Crippen LogP contribution in [0, 0.1) is 0 Å². The zero-order valence-electron chi connectivity index (χ0n) is 16.3. The van der Waals surface area contributed by atoms with E-state index in [0.717, 1.165) is 46.7 Å². The van der Waals surface area contributed by atoms with E-state index >= 15 is 0 Å². The van der Waals surface area contributed by atoms with Gasteiger partial charge in [-0.1, -0.05) is 25.5 Å². The summed E-state index contributed by atoms with van der Waals surface area (Å²) in [6, 6.07) is 22.8. The molecule has 0 bridgehead atoms. The first-order valence-corrected chi connectivity index (χ1v) is 9.82. The summed E-state index contributed by atoms with van der Waals surface area (Å²) in [4.78, 5) is 20.4. The fourth-order valence-corrected chi connectivity index (χ4v) is 3.04. The van der Waals surface area contributed by atoms with Crippen LogP contribution < -0.4 is 10.1 Å². The summed E-state index contributed by atoms with van der Waals surface area (Å²) in [6.07, 6.45) is 2.11. The number of anilines is 1. The van der Waals surface area contributed by atoms with E-state index in [1.165, 1.54) is 0 Å². The predicted octanol–water partition coefficient (Wildman–Crippen LogP) is 5.66. The number of para-hydroxylation sites is 2. The van der Waals surface area contributed by atoms with Crippen molar-refractivity contribution < 1.29 is 9.53 Å². The van der Waals surface area contributed by atoms with E-state index in [4.69, 9.17) is 4.74 Å². The molecule has 0 fully saturated rings. The number of aromatic nitrogens is 2. The Morgan fingerprint density at radius 3 is 2.48 bits per heavy atom. The van der Waals surface area contributed by atoms with Crippen LogP contribution >= 0.6 is 0 Å². The van der Waals surface area contributed by atoms with Gasteiger partial charge in [0.2, 0.25) is 0 Å². The van der Waals surface area contributed by atoms with Crippen molar-refractivity contribution in [2.45, 2.75) is 19.8 Å². The van der Waals surface area contributed by atoms with E-state index in [0.29, 0.717) is 12.2 Å². The van der Waals surface area contributed by atoms with Crippen LogP contribution in [-0.4, -0.2) is 22.5 Å². The third-order valence-corrected chi connectivity index (χ3v) is 4.69. The Balaban J connectivity index is 1.41. The van der Waals surface area contributed by atoms with Crippen molar-refractivity contribution in [2.24, 2.45) is 0 Å². The molecule has 0 atom stereocenters. The third kappa shape index (κ3) is 4.46. The van der Waals surface area contributed by atoms with E-state index in [1.54, 1.807) is 12.1 Å². The van der Waals surface area contributed by atoms with Crippen molar-refractivity contribution >= 4 is 22.6 Å². The molecule has 0 radical (unpaired) electrons. The van der Waals surface area contributed by atoms with Crippen LogP contribution in [0.2, 0.25) is 0 Å². The van der Waals surface area contributed by atoms with Gasteiger partial charge < -0.3 is 15.0 Å². The van der Waals surface area contributed by atoms with E-state index < -0.39 is 0 Å². The number of hydrogen-bond donors (Lipinski definition) is 2. The number of ether oxygens (including phenoxy) is 1. The summed E-state index contributed by atoms with van der Waals surface area (Å²) in [7, 11) is 0. The van der Waals surface area contributed by atoms with Crippen LogP contribution in [0.5, 0.6) is 5.75 Å². The molecule has 0 spiro atoms. The molecule has 5 nitrogen and oxygen atoms in total. The fourth-order valence-electron chi connectivity index (χ4n) is 3.04. The lowest BCUT2D eigenvalue weighted by atomic mass is 10.1. The molecule has 5 heteroatoms. The van der Waals surface area contributed by atoms with Crippen molar-refractivity contribution in [3.63, 3.8) is 0 Å². The van der Waals surface area contributed by atoms with Gasteiger partial charge in [-0.2, -0.15) is 0 Å². The van der Waals surface area contributed by atoms with E-state index in [1.807, 2.05) is 60.7 Å². The lowest BCUT2D eigenvalue weighted by molar-refractivity contribution is 0.102. The maximum absolute atomic E-state index is 12.5. The second-order valence-corrected chi connectivity index (χ2v) is 6.86. The van der Waals surface area contributed by atoms with Gasteiger partial charge in [0.05, 0.1) is 17.6 Å². The van der Waals surface area contributed by atoms with Gasteiger partial charge in [0.25, 0.3) is 5.91 Å². The van der Waals surface area contributed by atoms with E-state index in [2.05, 4.69) is 22.2 Å². The van der Waals surface area contributed by atoms with Crippen LogP contribution in [0.25, 0.3) is 22.4 Å². The molecule has 0 aliphatic rings. The van der Waals surface area contributed by atoms with Crippen molar-refractivity contribution in [1.82, 2.24) is 9.97 Å². The number of unbranched alkanes of at least 4 members (excludes halogenated alkanes) is 1. The normalized spacial score (nSPS) is 10.8. The van der Waals surface area contributed by atoms with Crippen LogP contribution in [0.3, 0.4) is 0 Å². The minimum absolute atomic E-state index is 0.151. The maximum Gasteiger partial charge on any atom is 0.255 e. The second-order valence-electron chi connectivity index (χ2n) is 6.86. The molecule has 4 rings (SSSR count). The lowest BCUT2D eigenvalue weighted by Gasteiger charge is -2.08. The van der Waals surface area contributed by atoms with Crippen LogP contribution in [0.4, 0.5) is 5.69 Å². The Kier molecular flexibility index (Phi) is 5.56. The summed E-state index contributed by atoms with van der Waals surface area (Å²) in [6.45, 7) is 2.82. The summed E-state index contributed by atoms with van der Waals surface area (Å²) in [5.41, 5.74) is 4.23. The standard InChI is InChI=1S/C24H23N3O2/c1-2-3-16-29-20-14-10-18(11-15-20)24(28)25-19-12-8-17(9-13-19)23-26-21-6-4-5-7-22(21)27-23/h4-15H,2-3,16H2,1H3,(H,25,28)(H,26,27). The van der Waals surface area contributed by atoms with Crippen LogP contribution in [0.15, 0.2) is 72.8 Å². The first-order valence-electron chi connectivity index (χ1n) is 9.82. The largest absolute Gasteiger partial charge is 0.494 e. The minimum atomic E-state index is -0.151. The number of H-pyrrole nitrogens is 1. The van der Waals surface area contributed by atoms with Gasteiger partial charge in [0.15, 0.2) is 0 Å². The molecule has 0 saturated heterocycles. The molecule has 0 unspecified atom stereocenters. The Hall–Kier alpha value is -3.60. The molecule has 1 aromatic heterocycles. The number of nitrogens with zero attached hydrogens (tertiary/aromatic N) is 1. The fraction of sp³-hybridized carbons (Fsp3) is 0.167. The number of carbonyl (C=O) groups excluding carboxylic acids is 1. The molecule has 0 aliphatic carbocycles. The van der Waals surface area contributed by atoms with Gasteiger partial charge in [-0.3, -0.25) is 4.79 Å². The summed E-state index contributed by atoms with van der Waals surface area (Å²) in [5, 5.41) is 2.92. The number of fused-ring (bicyclic) bond motifs is 1. The number of nitrogens with one attached hydrogen (secondary N) is 2. The van der Waals surface area contributed by atoms with Gasteiger partial charge in [0.1, 0.15) is 11.6 Å². The molecular formula is C24H23N3O2. The summed E-state index contributed by atoms with van der Waals surface area (Å²) in [5.74, 6) is 1.44. The smallest absolute Gasteiger partial charge is 0.255 e. The van der Waals surface area contributed by atoms with Crippen LogP contribution in [0.1, 0.15) is 30.1 Å². The Labute approximate surface area is 169 Å². The Morgan fingerprint density at radius 2 is 1.76 bits per heavy atom. The molecular weight excluding hydrogens is 362 g/mol. The highest BCUT2D eigenvalue weighted by Crippen LogP contribution is 2.22. The number of carbonyl (C=O) groups is 1. The van der Waals surface area contributed by atoms with Gasteiger partial charge in [-0.15, -0.1) is 0 Å². The molecule has 3 aromatic carbocycles. The predicted molar refractivity (Wildman–Crippen MR) is 116 cm³/mol. The topological polar surface area (TPSA) is 67.0 Å². The first-order chi connectivity index (χ1) is 14.2. The molecule has 146 valence electrons. The number of imidazole rings is 1. The number of amides is 1. The van der Waals surface area contributed by atoms with Gasteiger partial charge in [0, 0.05) is 16.8 Å². The molecule has 2 N–H and O–H groups in total. The molecule has 0 saturated carbocycles. The third-order valence-electron chi connectivity index (χ3n) is 4.69. The van der Waals surface area contributed by atoms with Crippen molar-refractivity contribution in [3.05, 3.63) is 78.4 Å². The molecule has 29 heavy (non-hydrogen) atoms.